The van der Waals surface area contributed by atoms with E-state index in [-0.39, 0.29) is 24.2 Å². The monoisotopic (exact) mass is 369 g/mol. The molecule has 2 aromatic carbocycles. The van der Waals surface area contributed by atoms with Crippen molar-refractivity contribution in [1.82, 2.24) is 5.32 Å². The normalized spacial score (nSPS) is 17.4. The van der Waals surface area contributed by atoms with Crippen molar-refractivity contribution in [2.24, 2.45) is 0 Å². The Bertz CT molecular complexity index is 844. The summed E-state index contributed by atoms with van der Waals surface area (Å²) in [7, 11) is 1.63. The summed E-state index contributed by atoms with van der Waals surface area (Å²) < 4.78 is 17.1. The topological polar surface area (TPSA) is 56.8 Å². The SMILES string of the molecule is COc1ccc2c(c1)[C@@H](NC(=O)COc1ccc(C)cc1C)CC(C)(C)O2. The molecule has 0 bridgehead atoms. The van der Waals surface area contributed by atoms with Gasteiger partial charge in [-0.3, -0.25) is 4.79 Å². The molecule has 5 nitrogen and oxygen atoms in total. The van der Waals surface area contributed by atoms with E-state index in [0.29, 0.717) is 6.42 Å². The second-order valence-electron chi connectivity index (χ2n) is 7.65. The van der Waals surface area contributed by atoms with Crippen molar-refractivity contribution in [1.29, 1.82) is 0 Å². The minimum Gasteiger partial charge on any atom is -0.497 e. The first-order valence-corrected chi connectivity index (χ1v) is 9.14. The van der Waals surface area contributed by atoms with Gasteiger partial charge >= 0.3 is 0 Å². The minimum absolute atomic E-state index is 0.0268. The highest BCUT2D eigenvalue weighted by atomic mass is 16.5. The van der Waals surface area contributed by atoms with Crippen LogP contribution in [-0.4, -0.2) is 25.2 Å². The molecular weight excluding hydrogens is 342 g/mol. The molecule has 1 aliphatic rings. The van der Waals surface area contributed by atoms with Crippen LogP contribution in [0.1, 0.15) is 43.0 Å². The zero-order valence-electron chi connectivity index (χ0n) is 16.6. The number of hydrogen-bond donors (Lipinski definition) is 1. The van der Waals surface area contributed by atoms with Crippen LogP contribution in [0.25, 0.3) is 0 Å². The van der Waals surface area contributed by atoms with Crippen LogP contribution in [0.5, 0.6) is 17.2 Å². The molecule has 0 aliphatic carbocycles. The van der Waals surface area contributed by atoms with Crippen LogP contribution in [0, 0.1) is 13.8 Å². The molecule has 1 aliphatic heterocycles. The van der Waals surface area contributed by atoms with E-state index in [1.807, 2.05) is 64.1 Å². The van der Waals surface area contributed by atoms with Gasteiger partial charge in [0.1, 0.15) is 22.8 Å². The van der Waals surface area contributed by atoms with E-state index >= 15 is 0 Å². The molecule has 1 heterocycles. The summed E-state index contributed by atoms with van der Waals surface area (Å²) in [5.74, 6) is 2.08. The van der Waals surface area contributed by atoms with Gasteiger partial charge in [-0.1, -0.05) is 17.7 Å². The summed E-state index contributed by atoms with van der Waals surface area (Å²) >= 11 is 0. The molecule has 5 heteroatoms. The first-order chi connectivity index (χ1) is 12.8. The third kappa shape index (κ3) is 4.54. The lowest BCUT2D eigenvalue weighted by Gasteiger charge is -2.38. The molecule has 0 fully saturated rings. The average Bonchev–Trinajstić information content (AvgIpc) is 2.60. The molecule has 0 unspecified atom stereocenters. The summed E-state index contributed by atoms with van der Waals surface area (Å²) in [6.45, 7) is 8.02. The maximum Gasteiger partial charge on any atom is 0.258 e. The summed E-state index contributed by atoms with van der Waals surface area (Å²) in [5, 5.41) is 3.08. The Morgan fingerprint density at radius 2 is 2.00 bits per heavy atom. The van der Waals surface area contributed by atoms with Crippen LogP contribution in [-0.2, 0) is 4.79 Å². The van der Waals surface area contributed by atoms with Gasteiger partial charge in [0, 0.05) is 12.0 Å². The minimum atomic E-state index is -0.367. The van der Waals surface area contributed by atoms with E-state index in [1.54, 1.807) is 7.11 Å². The maximum absolute atomic E-state index is 12.5. The molecule has 3 rings (SSSR count). The van der Waals surface area contributed by atoms with Crippen molar-refractivity contribution in [2.45, 2.75) is 45.8 Å². The highest BCUT2D eigenvalue weighted by molar-refractivity contribution is 5.78. The molecule has 1 amide bonds. The standard InChI is InChI=1S/C22H27NO4/c1-14-6-8-19(15(2)10-14)26-13-21(24)23-18-12-22(3,4)27-20-9-7-16(25-5)11-17(18)20/h6-11,18H,12-13H2,1-5H3,(H,23,24)/t18-/m0/s1. The number of carbonyl (C=O) groups excluding carboxylic acids is 1. The first kappa shape index (κ1) is 19.1. The van der Waals surface area contributed by atoms with Gasteiger partial charge in [-0.25, -0.2) is 0 Å². The van der Waals surface area contributed by atoms with Crippen LogP contribution in [0.4, 0.5) is 0 Å². The van der Waals surface area contributed by atoms with Crippen LogP contribution >= 0.6 is 0 Å². The maximum atomic E-state index is 12.5. The number of hydrogen-bond acceptors (Lipinski definition) is 4. The van der Waals surface area contributed by atoms with Crippen molar-refractivity contribution in [3.63, 3.8) is 0 Å². The third-order valence-electron chi connectivity index (χ3n) is 4.70. The van der Waals surface area contributed by atoms with E-state index in [1.165, 1.54) is 5.56 Å². The van der Waals surface area contributed by atoms with E-state index < -0.39 is 0 Å². The fourth-order valence-electron chi connectivity index (χ4n) is 3.43. The molecule has 27 heavy (non-hydrogen) atoms. The molecule has 0 radical (unpaired) electrons. The quantitative estimate of drug-likeness (QED) is 0.862. The van der Waals surface area contributed by atoms with Crippen molar-refractivity contribution < 1.29 is 19.0 Å². The number of ether oxygens (including phenoxy) is 3. The Balaban J connectivity index is 1.71. The molecule has 144 valence electrons. The first-order valence-electron chi connectivity index (χ1n) is 9.14. The number of nitrogens with one attached hydrogen (secondary N) is 1. The van der Waals surface area contributed by atoms with Gasteiger partial charge in [0.2, 0.25) is 0 Å². The largest absolute Gasteiger partial charge is 0.497 e. The predicted octanol–water partition coefficient (Wildman–Crippen LogP) is 4.11. The van der Waals surface area contributed by atoms with Gasteiger partial charge < -0.3 is 19.5 Å². The number of benzene rings is 2. The number of aryl methyl sites for hydroxylation is 2. The lowest BCUT2D eigenvalue weighted by Crippen LogP contribution is -2.42. The highest BCUT2D eigenvalue weighted by Crippen LogP contribution is 2.41. The fourth-order valence-corrected chi connectivity index (χ4v) is 3.43. The molecule has 0 aromatic heterocycles. The predicted molar refractivity (Wildman–Crippen MR) is 105 cm³/mol. The van der Waals surface area contributed by atoms with Crippen LogP contribution in [0.2, 0.25) is 0 Å². The fraction of sp³-hybridized carbons (Fsp3) is 0.409. The van der Waals surface area contributed by atoms with Crippen LogP contribution in [0.3, 0.4) is 0 Å². The summed E-state index contributed by atoms with van der Waals surface area (Å²) in [4.78, 5) is 12.5. The molecular formula is C22H27NO4. The highest BCUT2D eigenvalue weighted by Gasteiger charge is 2.34. The summed E-state index contributed by atoms with van der Waals surface area (Å²) in [6, 6.07) is 11.4. The smallest absolute Gasteiger partial charge is 0.258 e. The van der Waals surface area contributed by atoms with Crippen molar-refractivity contribution >= 4 is 5.91 Å². The second kappa shape index (κ2) is 7.51. The van der Waals surface area contributed by atoms with Gasteiger partial charge in [-0.05, 0) is 57.5 Å². The van der Waals surface area contributed by atoms with Crippen molar-refractivity contribution in [2.75, 3.05) is 13.7 Å². The van der Waals surface area contributed by atoms with Gasteiger partial charge in [-0.2, -0.15) is 0 Å². The molecule has 0 spiro atoms. The Morgan fingerprint density at radius 3 is 2.70 bits per heavy atom. The number of carbonyl (C=O) groups is 1. The van der Waals surface area contributed by atoms with Crippen LogP contribution < -0.4 is 19.5 Å². The van der Waals surface area contributed by atoms with Crippen molar-refractivity contribution in [3.8, 4) is 17.2 Å². The number of amides is 1. The van der Waals surface area contributed by atoms with E-state index in [0.717, 1.165) is 28.4 Å². The van der Waals surface area contributed by atoms with Gasteiger partial charge in [-0.15, -0.1) is 0 Å². The number of fused-ring (bicyclic) bond motifs is 1. The second-order valence-corrected chi connectivity index (χ2v) is 7.65. The van der Waals surface area contributed by atoms with Gasteiger partial charge in [0.05, 0.1) is 13.2 Å². The lowest BCUT2D eigenvalue weighted by atomic mass is 9.89. The summed E-state index contributed by atoms with van der Waals surface area (Å²) in [6.07, 6.45) is 0.669. The summed E-state index contributed by atoms with van der Waals surface area (Å²) in [5.41, 5.74) is 2.74. The third-order valence-corrected chi connectivity index (χ3v) is 4.70. The van der Waals surface area contributed by atoms with E-state index in [9.17, 15) is 4.79 Å². The van der Waals surface area contributed by atoms with E-state index in [2.05, 4.69) is 5.32 Å². The Kier molecular flexibility index (Phi) is 5.31. The molecule has 0 saturated heterocycles. The Morgan fingerprint density at radius 1 is 1.22 bits per heavy atom. The number of methoxy groups -OCH3 is 1. The Labute approximate surface area is 160 Å². The van der Waals surface area contributed by atoms with Crippen LogP contribution in [0.15, 0.2) is 36.4 Å². The van der Waals surface area contributed by atoms with E-state index in [4.69, 9.17) is 14.2 Å². The zero-order chi connectivity index (χ0) is 19.6. The molecule has 2 aromatic rings. The number of rotatable bonds is 5. The molecule has 0 saturated carbocycles. The van der Waals surface area contributed by atoms with Gasteiger partial charge in [0.15, 0.2) is 6.61 Å². The van der Waals surface area contributed by atoms with Gasteiger partial charge in [0.25, 0.3) is 5.91 Å². The Hall–Kier alpha value is -2.69. The average molecular weight is 369 g/mol. The molecule has 1 atom stereocenters. The lowest BCUT2D eigenvalue weighted by molar-refractivity contribution is -0.124. The van der Waals surface area contributed by atoms with Crippen molar-refractivity contribution in [3.05, 3.63) is 53.1 Å². The zero-order valence-corrected chi connectivity index (χ0v) is 16.6. The molecule has 1 N–H and O–H groups in total.